The number of allylic oxidation sites excluding steroid dienone is 1. The van der Waals surface area contributed by atoms with Gasteiger partial charge >= 0.3 is 0 Å². The van der Waals surface area contributed by atoms with Crippen LogP contribution in [-0.4, -0.2) is 38.0 Å². The van der Waals surface area contributed by atoms with Gasteiger partial charge < -0.3 is 5.32 Å². The van der Waals surface area contributed by atoms with E-state index in [1.54, 1.807) is 18.2 Å². The quantitative estimate of drug-likeness (QED) is 0.669. The molecule has 0 bridgehead atoms. The zero-order valence-electron chi connectivity index (χ0n) is 15.4. The number of sulfonamides is 1. The first-order valence-electron chi connectivity index (χ1n) is 8.95. The van der Waals surface area contributed by atoms with Crippen molar-refractivity contribution in [3.8, 4) is 0 Å². The molecule has 1 amide bonds. The van der Waals surface area contributed by atoms with E-state index in [1.165, 1.54) is 29.0 Å². The molecule has 0 radical (unpaired) electrons. The molecule has 7 heteroatoms. The molecule has 0 saturated heterocycles. The molecule has 5 nitrogen and oxygen atoms in total. The molecule has 0 heterocycles. The predicted molar refractivity (Wildman–Crippen MR) is 107 cm³/mol. The van der Waals surface area contributed by atoms with Gasteiger partial charge in [-0.05, 0) is 62.8 Å². The maximum atomic E-state index is 12.2. The van der Waals surface area contributed by atoms with Crippen LogP contribution in [0.1, 0.15) is 44.1 Å². The Balaban J connectivity index is 1.89. The van der Waals surface area contributed by atoms with Gasteiger partial charge in [0.1, 0.15) is 0 Å². The molecule has 1 aromatic carbocycles. The second kappa shape index (κ2) is 9.53. The lowest BCUT2D eigenvalue weighted by atomic mass is 9.97. The van der Waals surface area contributed by atoms with E-state index >= 15 is 0 Å². The molecule has 144 valence electrons. The van der Waals surface area contributed by atoms with Crippen molar-refractivity contribution < 1.29 is 13.2 Å². The summed E-state index contributed by atoms with van der Waals surface area (Å²) in [6, 6.07) is 5.24. The number of hydrogen-bond acceptors (Lipinski definition) is 3. The van der Waals surface area contributed by atoms with Crippen molar-refractivity contribution in [2.24, 2.45) is 0 Å². The third kappa shape index (κ3) is 6.74. The molecule has 0 atom stereocenters. The number of anilines is 1. The van der Waals surface area contributed by atoms with Gasteiger partial charge in [0.25, 0.3) is 0 Å². The molecule has 1 aromatic rings. The van der Waals surface area contributed by atoms with Crippen molar-refractivity contribution in [3.05, 3.63) is 40.4 Å². The highest BCUT2D eigenvalue weighted by atomic mass is 35.5. The van der Waals surface area contributed by atoms with Gasteiger partial charge in [0.2, 0.25) is 15.9 Å². The summed E-state index contributed by atoms with van der Waals surface area (Å²) in [4.78, 5) is 12.2. The monoisotopic (exact) mass is 398 g/mol. The smallest absolute Gasteiger partial charge is 0.225 e. The van der Waals surface area contributed by atoms with Gasteiger partial charge in [-0.3, -0.25) is 4.79 Å². The van der Waals surface area contributed by atoms with Gasteiger partial charge in [-0.25, -0.2) is 12.7 Å². The number of nitrogens with one attached hydrogen (secondary N) is 1. The van der Waals surface area contributed by atoms with Crippen molar-refractivity contribution >= 4 is 33.2 Å². The fourth-order valence-electron chi connectivity index (χ4n) is 3.05. The van der Waals surface area contributed by atoms with Crippen molar-refractivity contribution in [1.82, 2.24) is 4.31 Å². The lowest BCUT2D eigenvalue weighted by Gasteiger charge is -2.21. The molecular weight excluding hydrogens is 372 g/mol. The Bertz CT molecular complexity index is 775. The Kier molecular flexibility index (Phi) is 7.68. The van der Waals surface area contributed by atoms with Gasteiger partial charge in [0.05, 0.1) is 6.26 Å². The lowest BCUT2D eigenvalue weighted by molar-refractivity contribution is -0.116. The van der Waals surface area contributed by atoms with Crippen LogP contribution in [0.2, 0.25) is 5.02 Å². The topological polar surface area (TPSA) is 66.5 Å². The van der Waals surface area contributed by atoms with Crippen LogP contribution in [0.5, 0.6) is 0 Å². The van der Waals surface area contributed by atoms with Gasteiger partial charge in [-0.2, -0.15) is 0 Å². The van der Waals surface area contributed by atoms with E-state index in [0.717, 1.165) is 24.8 Å². The highest BCUT2D eigenvalue weighted by molar-refractivity contribution is 7.88. The average Bonchev–Trinajstić information content (AvgIpc) is 2.57. The Labute approximate surface area is 161 Å². The summed E-state index contributed by atoms with van der Waals surface area (Å²) in [5.74, 6) is -0.207. The molecule has 0 unspecified atom stereocenters. The Morgan fingerprint density at radius 2 is 2.04 bits per heavy atom. The maximum Gasteiger partial charge on any atom is 0.225 e. The zero-order valence-corrected chi connectivity index (χ0v) is 17.0. The number of aryl methyl sites for hydroxylation is 1. The zero-order chi connectivity index (χ0) is 19.2. The van der Waals surface area contributed by atoms with E-state index in [2.05, 4.69) is 11.4 Å². The number of nitrogens with zero attached hydrogens (tertiary/aromatic N) is 1. The number of carbonyl (C=O) groups is 1. The van der Waals surface area contributed by atoms with E-state index < -0.39 is 10.0 Å². The average molecular weight is 399 g/mol. The van der Waals surface area contributed by atoms with Crippen LogP contribution in [0.25, 0.3) is 0 Å². The Hall–Kier alpha value is -1.37. The van der Waals surface area contributed by atoms with Crippen LogP contribution >= 0.6 is 11.6 Å². The van der Waals surface area contributed by atoms with Crippen LogP contribution in [-0.2, 0) is 14.8 Å². The van der Waals surface area contributed by atoms with Crippen LogP contribution in [0, 0.1) is 6.92 Å². The number of rotatable bonds is 8. The van der Waals surface area contributed by atoms with Crippen LogP contribution in [0.4, 0.5) is 5.69 Å². The van der Waals surface area contributed by atoms with Crippen LogP contribution < -0.4 is 5.32 Å². The molecular formula is C19H27ClN2O3S. The third-order valence-electron chi connectivity index (χ3n) is 4.59. The van der Waals surface area contributed by atoms with Crippen molar-refractivity contribution in [3.63, 3.8) is 0 Å². The number of carbonyl (C=O) groups excluding carboxylic acids is 1. The first-order valence-corrected chi connectivity index (χ1v) is 11.2. The summed E-state index contributed by atoms with van der Waals surface area (Å²) in [5, 5.41) is 3.43. The second-order valence-electron chi connectivity index (χ2n) is 6.78. The summed E-state index contributed by atoms with van der Waals surface area (Å²) in [7, 11) is -3.34. The second-order valence-corrected chi connectivity index (χ2v) is 9.20. The molecule has 26 heavy (non-hydrogen) atoms. The molecule has 0 aliphatic heterocycles. The first kappa shape index (κ1) is 20.9. The summed E-state index contributed by atoms with van der Waals surface area (Å²) in [6.07, 6.45) is 8.80. The van der Waals surface area contributed by atoms with Crippen molar-refractivity contribution in [1.29, 1.82) is 0 Å². The lowest BCUT2D eigenvalue weighted by Crippen LogP contribution is -2.34. The summed E-state index contributed by atoms with van der Waals surface area (Å²) >= 11 is 5.91. The molecule has 1 aliphatic rings. The van der Waals surface area contributed by atoms with Crippen molar-refractivity contribution in [2.75, 3.05) is 24.7 Å². The van der Waals surface area contributed by atoms with Gasteiger partial charge in [-0.15, -0.1) is 0 Å². The number of halogens is 1. The molecule has 0 aromatic heterocycles. The first-order chi connectivity index (χ1) is 12.3. The summed E-state index contributed by atoms with van der Waals surface area (Å²) in [6.45, 7) is 2.48. The normalized spacial score (nSPS) is 15.0. The minimum atomic E-state index is -3.34. The van der Waals surface area contributed by atoms with Crippen LogP contribution in [0.15, 0.2) is 29.8 Å². The molecule has 2 rings (SSSR count). The van der Waals surface area contributed by atoms with Gasteiger partial charge in [-0.1, -0.05) is 23.3 Å². The molecule has 0 spiro atoms. The van der Waals surface area contributed by atoms with Gasteiger partial charge in [0, 0.05) is 30.2 Å². The highest BCUT2D eigenvalue weighted by Crippen LogP contribution is 2.21. The fraction of sp³-hybridized carbons (Fsp3) is 0.526. The number of benzene rings is 1. The fourth-order valence-corrected chi connectivity index (χ4v) is 4.12. The molecule has 1 aliphatic carbocycles. The minimum absolute atomic E-state index is 0.119. The van der Waals surface area contributed by atoms with Gasteiger partial charge in [0.15, 0.2) is 0 Å². The highest BCUT2D eigenvalue weighted by Gasteiger charge is 2.19. The van der Waals surface area contributed by atoms with Crippen LogP contribution in [0.3, 0.4) is 0 Å². The standard InChI is InChI=1S/C19H27ClN2O3S/c1-15-14-17(20)8-9-18(15)21-19(23)11-13-22(26(2,24)25)12-10-16-6-4-3-5-7-16/h6,8-9,14H,3-5,7,10-13H2,1-2H3,(H,21,23). The molecule has 0 fully saturated rings. The predicted octanol–water partition coefficient (Wildman–Crippen LogP) is 4.13. The van der Waals surface area contributed by atoms with E-state index in [1.807, 2.05) is 6.92 Å². The Morgan fingerprint density at radius 3 is 2.65 bits per heavy atom. The molecule has 1 N–H and O–H groups in total. The number of amides is 1. The van der Waals surface area contributed by atoms with Crippen molar-refractivity contribution in [2.45, 2.75) is 45.4 Å². The third-order valence-corrected chi connectivity index (χ3v) is 6.13. The van der Waals surface area contributed by atoms with E-state index in [0.29, 0.717) is 17.3 Å². The van der Waals surface area contributed by atoms with E-state index in [9.17, 15) is 13.2 Å². The Morgan fingerprint density at radius 1 is 1.27 bits per heavy atom. The van der Waals surface area contributed by atoms with E-state index in [4.69, 9.17) is 11.6 Å². The largest absolute Gasteiger partial charge is 0.326 e. The number of hydrogen-bond donors (Lipinski definition) is 1. The summed E-state index contributed by atoms with van der Waals surface area (Å²) in [5.41, 5.74) is 2.89. The summed E-state index contributed by atoms with van der Waals surface area (Å²) < 4.78 is 25.5. The minimum Gasteiger partial charge on any atom is -0.326 e. The maximum absolute atomic E-state index is 12.2. The molecule has 0 saturated carbocycles. The van der Waals surface area contributed by atoms with E-state index in [-0.39, 0.29) is 18.9 Å². The SMILES string of the molecule is Cc1cc(Cl)ccc1NC(=O)CCN(CCC1=CCCCC1)S(C)(=O)=O.